The van der Waals surface area contributed by atoms with E-state index in [1.54, 1.807) is 0 Å². The van der Waals surface area contributed by atoms with Crippen LogP contribution in [0.4, 0.5) is 0 Å². The zero-order valence-electron chi connectivity index (χ0n) is 8.29. The van der Waals surface area contributed by atoms with Crippen LogP contribution in [0.2, 0.25) is 0 Å². The van der Waals surface area contributed by atoms with Crippen molar-refractivity contribution >= 4 is 39.1 Å². The van der Waals surface area contributed by atoms with Gasteiger partial charge in [0.15, 0.2) is 0 Å². The van der Waals surface area contributed by atoms with Crippen LogP contribution in [0.25, 0.3) is 0 Å². The normalized spacial score (nSPS) is 10.6. The van der Waals surface area contributed by atoms with Gasteiger partial charge in [-0.25, -0.2) is 0 Å². The summed E-state index contributed by atoms with van der Waals surface area (Å²) in [7, 11) is 0. The molecule has 0 aliphatic carbocycles. The van der Waals surface area contributed by atoms with Crippen molar-refractivity contribution in [2.24, 2.45) is 0 Å². The van der Waals surface area contributed by atoms with Crippen molar-refractivity contribution < 1.29 is 21.1 Å². The Kier molecular flexibility index (Phi) is 5.48. The van der Waals surface area contributed by atoms with Crippen LogP contribution in [0.3, 0.4) is 0 Å². The molecule has 0 nitrogen and oxygen atoms in total. The van der Waals surface area contributed by atoms with Gasteiger partial charge in [-0.05, 0) is 24.3 Å². The summed E-state index contributed by atoms with van der Waals surface area (Å²) in [5, 5.41) is 2.00. The first kappa shape index (κ1) is 14.2. The molecule has 0 heterocycles. The summed E-state index contributed by atoms with van der Waals surface area (Å²) in [5.74, 6) is -2.20. The molecule has 0 aromatic heterocycles. The molecule has 2 rings (SSSR count). The molecular formula is C12H10Cl2PPt+. The van der Waals surface area contributed by atoms with Gasteiger partial charge < -0.3 is 0 Å². The summed E-state index contributed by atoms with van der Waals surface area (Å²) in [4.78, 5) is 0. The van der Waals surface area contributed by atoms with Gasteiger partial charge in [-0.15, -0.1) is 0 Å². The molecule has 0 amide bonds. The van der Waals surface area contributed by atoms with Crippen molar-refractivity contribution in [3.8, 4) is 0 Å². The maximum Gasteiger partial charge on any atom is 0.275 e. The Balaban J connectivity index is 0.00000128. The molecule has 0 spiro atoms. The van der Waals surface area contributed by atoms with Crippen LogP contribution in [-0.2, 0) is 21.1 Å². The maximum atomic E-state index is 6.46. The average Bonchev–Trinajstić information content (AvgIpc) is 2.31. The minimum absolute atomic E-state index is 0. The zero-order chi connectivity index (χ0) is 10.7. The van der Waals surface area contributed by atoms with Crippen LogP contribution in [0.1, 0.15) is 0 Å². The third kappa shape index (κ3) is 3.08. The fourth-order valence-corrected chi connectivity index (χ4v) is 4.12. The minimum Gasteiger partial charge on any atom is -0.0620 e. The third-order valence-corrected chi connectivity index (χ3v) is 6.40. The van der Waals surface area contributed by atoms with Gasteiger partial charge in [0.1, 0.15) is 33.1 Å². The number of halogens is 2. The second kappa shape index (κ2) is 6.17. The summed E-state index contributed by atoms with van der Waals surface area (Å²) in [6, 6.07) is 19.6. The van der Waals surface area contributed by atoms with E-state index in [1.807, 2.05) is 60.7 Å². The van der Waals surface area contributed by atoms with Gasteiger partial charge in [0.05, 0.1) is 0 Å². The quantitative estimate of drug-likeness (QED) is 0.607. The van der Waals surface area contributed by atoms with Gasteiger partial charge in [0.2, 0.25) is 0 Å². The Morgan fingerprint density at radius 1 is 0.625 bits per heavy atom. The molecule has 0 radical (unpaired) electrons. The van der Waals surface area contributed by atoms with Crippen LogP contribution in [0.15, 0.2) is 60.7 Å². The second-order valence-electron chi connectivity index (χ2n) is 3.18. The molecule has 2 aromatic carbocycles. The fraction of sp³-hybridized carbons (Fsp3) is 0. The van der Waals surface area contributed by atoms with Crippen molar-refractivity contribution in [3.05, 3.63) is 60.7 Å². The summed E-state index contributed by atoms with van der Waals surface area (Å²) in [6.45, 7) is 0. The first-order chi connectivity index (χ1) is 7.21. The summed E-state index contributed by atoms with van der Waals surface area (Å²) < 4.78 is 0. The van der Waals surface area contributed by atoms with E-state index in [2.05, 4.69) is 0 Å². The SMILES string of the molecule is Cl[P+](Cl)(c1ccccc1)c1ccccc1.[Pt]. The number of hydrogen-bond acceptors (Lipinski definition) is 0. The third-order valence-electron chi connectivity index (χ3n) is 2.16. The monoisotopic (exact) mass is 450 g/mol. The Bertz CT molecular complexity index is 390. The van der Waals surface area contributed by atoms with Gasteiger partial charge in [0, 0.05) is 21.1 Å². The van der Waals surface area contributed by atoms with E-state index in [0.717, 1.165) is 10.6 Å². The molecule has 0 aliphatic rings. The number of rotatable bonds is 2. The van der Waals surface area contributed by atoms with Crippen LogP contribution >= 0.6 is 28.4 Å². The molecule has 0 N–H and O–H groups in total. The van der Waals surface area contributed by atoms with E-state index in [4.69, 9.17) is 22.5 Å². The van der Waals surface area contributed by atoms with Gasteiger partial charge in [-0.3, -0.25) is 0 Å². The molecule has 0 unspecified atom stereocenters. The molecule has 0 bridgehead atoms. The molecule has 0 saturated carbocycles. The first-order valence-electron chi connectivity index (χ1n) is 4.61. The largest absolute Gasteiger partial charge is 0.275 e. The summed E-state index contributed by atoms with van der Waals surface area (Å²) in [5.41, 5.74) is 0. The van der Waals surface area contributed by atoms with E-state index >= 15 is 0 Å². The molecule has 4 heteroatoms. The smallest absolute Gasteiger partial charge is 0.0620 e. The number of hydrogen-bond donors (Lipinski definition) is 0. The molecule has 0 saturated heterocycles. The molecule has 86 valence electrons. The van der Waals surface area contributed by atoms with Crippen molar-refractivity contribution in [2.45, 2.75) is 0 Å². The predicted molar refractivity (Wildman–Crippen MR) is 70.8 cm³/mol. The van der Waals surface area contributed by atoms with Crippen molar-refractivity contribution in [1.29, 1.82) is 0 Å². The van der Waals surface area contributed by atoms with Crippen molar-refractivity contribution in [2.75, 3.05) is 0 Å². The van der Waals surface area contributed by atoms with Crippen LogP contribution in [-0.4, -0.2) is 0 Å². The van der Waals surface area contributed by atoms with E-state index in [0.29, 0.717) is 0 Å². The van der Waals surface area contributed by atoms with Gasteiger partial charge in [-0.1, -0.05) is 36.4 Å². The Hall–Kier alpha value is 0.138. The van der Waals surface area contributed by atoms with Crippen molar-refractivity contribution in [1.82, 2.24) is 0 Å². The summed E-state index contributed by atoms with van der Waals surface area (Å²) in [6.07, 6.45) is 0. The number of benzene rings is 2. The van der Waals surface area contributed by atoms with Crippen LogP contribution < -0.4 is 10.6 Å². The van der Waals surface area contributed by atoms with Gasteiger partial charge in [0.25, 0.3) is 5.97 Å². The van der Waals surface area contributed by atoms with E-state index in [9.17, 15) is 0 Å². The molecule has 16 heavy (non-hydrogen) atoms. The van der Waals surface area contributed by atoms with E-state index in [1.165, 1.54) is 0 Å². The molecule has 0 atom stereocenters. The average molecular weight is 451 g/mol. The molecule has 2 aromatic rings. The Morgan fingerprint density at radius 2 is 0.938 bits per heavy atom. The zero-order valence-corrected chi connectivity index (χ0v) is 13.0. The maximum absolute atomic E-state index is 6.46. The topological polar surface area (TPSA) is 0 Å². The van der Waals surface area contributed by atoms with E-state index < -0.39 is 5.97 Å². The predicted octanol–water partition coefficient (Wildman–Crippen LogP) is 3.96. The van der Waals surface area contributed by atoms with Crippen LogP contribution in [0, 0.1) is 0 Å². The fourth-order valence-electron chi connectivity index (χ4n) is 1.38. The van der Waals surface area contributed by atoms with Crippen LogP contribution in [0.5, 0.6) is 0 Å². The van der Waals surface area contributed by atoms with Gasteiger partial charge in [-0.2, -0.15) is 0 Å². The minimum atomic E-state index is -2.20. The Morgan fingerprint density at radius 3 is 1.25 bits per heavy atom. The van der Waals surface area contributed by atoms with Crippen molar-refractivity contribution in [3.63, 3.8) is 0 Å². The standard InChI is InChI=1S/C12H10Cl2P.Pt/c13-15(14,11-7-3-1-4-8-11)12-9-5-2-6-10-12;/h1-10H;/q+1;. The molecular weight excluding hydrogens is 441 g/mol. The Labute approximate surface area is 120 Å². The molecule has 0 fully saturated rings. The van der Waals surface area contributed by atoms with Gasteiger partial charge >= 0.3 is 0 Å². The first-order valence-corrected chi connectivity index (χ1v) is 8.21. The van der Waals surface area contributed by atoms with E-state index in [-0.39, 0.29) is 21.1 Å². The second-order valence-corrected chi connectivity index (χ2v) is 8.81. The summed E-state index contributed by atoms with van der Waals surface area (Å²) >= 11 is 12.9. The molecule has 0 aliphatic heterocycles.